The van der Waals surface area contributed by atoms with Gasteiger partial charge >= 0.3 is 6.18 Å². The second-order valence-electron chi connectivity index (χ2n) is 5.03. The van der Waals surface area contributed by atoms with Crippen LogP contribution in [-0.2, 0) is 0 Å². The maximum absolute atomic E-state index is 12.1. The second-order valence-corrected chi connectivity index (χ2v) is 5.03. The van der Waals surface area contributed by atoms with Crippen molar-refractivity contribution in [1.29, 1.82) is 0 Å². The first-order valence-electron chi connectivity index (χ1n) is 6.48. The number of hydrogen-bond donors (Lipinski definition) is 2. The van der Waals surface area contributed by atoms with Crippen LogP contribution in [0.15, 0.2) is 0 Å². The first-order chi connectivity index (χ1) is 7.97. The van der Waals surface area contributed by atoms with Gasteiger partial charge in [-0.05, 0) is 58.2 Å². The highest BCUT2D eigenvalue weighted by molar-refractivity contribution is 4.70. The van der Waals surface area contributed by atoms with Crippen molar-refractivity contribution in [2.45, 2.75) is 51.2 Å². The van der Waals surface area contributed by atoms with E-state index < -0.39 is 18.6 Å². The maximum atomic E-state index is 12.1. The van der Waals surface area contributed by atoms with Crippen molar-refractivity contribution in [1.82, 2.24) is 10.6 Å². The van der Waals surface area contributed by atoms with Crippen molar-refractivity contribution in [2.24, 2.45) is 5.92 Å². The molecule has 1 fully saturated rings. The van der Waals surface area contributed by atoms with E-state index in [9.17, 15) is 13.2 Å². The van der Waals surface area contributed by atoms with Crippen molar-refractivity contribution in [3.05, 3.63) is 0 Å². The highest BCUT2D eigenvalue weighted by Gasteiger charge is 2.29. The molecule has 0 aromatic heterocycles. The van der Waals surface area contributed by atoms with Crippen LogP contribution >= 0.6 is 0 Å². The Kier molecular flexibility index (Phi) is 6.27. The van der Waals surface area contributed by atoms with Gasteiger partial charge in [-0.15, -0.1) is 0 Å². The van der Waals surface area contributed by atoms with E-state index in [4.69, 9.17) is 0 Å². The molecule has 5 heteroatoms. The van der Waals surface area contributed by atoms with Crippen molar-refractivity contribution >= 4 is 0 Å². The molecule has 1 saturated heterocycles. The minimum absolute atomic E-state index is 0.473. The molecule has 2 atom stereocenters. The molecule has 1 aliphatic heterocycles. The quantitative estimate of drug-likeness (QED) is 0.710. The molecule has 0 amide bonds. The number of piperidine rings is 1. The molecule has 0 aromatic carbocycles. The van der Waals surface area contributed by atoms with E-state index in [-0.39, 0.29) is 0 Å². The molecule has 0 saturated carbocycles. The van der Waals surface area contributed by atoms with Crippen LogP contribution < -0.4 is 10.6 Å². The van der Waals surface area contributed by atoms with E-state index in [0.29, 0.717) is 12.5 Å². The van der Waals surface area contributed by atoms with E-state index in [1.54, 1.807) is 6.92 Å². The fourth-order valence-corrected chi connectivity index (χ4v) is 2.33. The molecule has 2 nitrogen and oxygen atoms in total. The van der Waals surface area contributed by atoms with Gasteiger partial charge in [-0.2, -0.15) is 13.2 Å². The molecular formula is C12H23F3N2. The summed E-state index contributed by atoms with van der Waals surface area (Å²) in [5.41, 5.74) is 0. The van der Waals surface area contributed by atoms with E-state index >= 15 is 0 Å². The molecule has 2 N–H and O–H groups in total. The Hall–Kier alpha value is -0.290. The van der Waals surface area contributed by atoms with Crippen molar-refractivity contribution in [3.63, 3.8) is 0 Å². The summed E-state index contributed by atoms with van der Waals surface area (Å²) in [5, 5.41) is 6.28. The summed E-state index contributed by atoms with van der Waals surface area (Å²) in [6, 6.07) is -0.473. The molecule has 1 heterocycles. The predicted octanol–water partition coefficient (Wildman–Crippen LogP) is 2.70. The van der Waals surface area contributed by atoms with Gasteiger partial charge in [0.25, 0.3) is 0 Å². The van der Waals surface area contributed by atoms with E-state index in [1.165, 1.54) is 12.8 Å². The first-order valence-corrected chi connectivity index (χ1v) is 6.48. The van der Waals surface area contributed by atoms with Gasteiger partial charge in [0, 0.05) is 6.04 Å². The lowest BCUT2D eigenvalue weighted by atomic mass is 9.95. The monoisotopic (exact) mass is 252 g/mol. The highest BCUT2D eigenvalue weighted by atomic mass is 19.4. The van der Waals surface area contributed by atoms with Crippen LogP contribution in [0.4, 0.5) is 13.2 Å². The number of halogens is 3. The van der Waals surface area contributed by atoms with Gasteiger partial charge in [-0.25, -0.2) is 0 Å². The van der Waals surface area contributed by atoms with Crippen molar-refractivity contribution in [3.8, 4) is 0 Å². The Morgan fingerprint density at radius 2 is 2.18 bits per heavy atom. The van der Waals surface area contributed by atoms with Gasteiger partial charge in [-0.3, -0.25) is 0 Å². The molecular weight excluding hydrogens is 229 g/mol. The fraction of sp³-hybridized carbons (Fsp3) is 1.00. The maximum Gasteiger partial charge on any atom is 0.390 e. The van der Waals surface area contributed by atoms with Gasteiger partial charge in [0.1, 0.15) is 0 Å². The summed E-state index contributed by atoms with van der Waals surface area (Å²) in [5.74, 6) is 0.712. The second kappa shape index (κ2) is 7.21. The summed E-state index contributed by atoms with van der Waals surface area (Å²) >= 11 is 0. The van der Waals surface area contributed by atoms with E-state index in [0.717, 1.165) is 25.9 Å². The number of hydrogen-bond acceptors (Lipinski definition) is 2. The third-order valence-electron chi connectivity index (χ3n) is 3.22. The number of alkyl halides is 3. The van der Waals surface area contributed by atoms with Gasteiger partial charge in [0.15, 0.2) is 0 Å². The van der Waals surface area contributed by atoms with Gasteiger partial charge in [-0.1, -0.05) is 0 Å². The Bertz CT molecular complexity index is 200. The molecule has 102 valence electrons. The average Bonchev–Trinajstić information content (AvgIpc) is 2.23. The summed E-state index contributed by atoms with van der Waals surface area (Å²) in [6.07, 6.45) is -0.237. The SMILES string of the molecule is CC(CC(F)(F)F)NCCCC1CCCNC1. The zero-order valence-electron chi connectivity index (χ0n) is 10.4. The standard InChI is InChI=1S/C12H23F3N2/c1-10(8-12(13,14)15)17-7-3-5-11-4-2-6-16-9-11/h10-11,16-17H,2-9H2,1H3. The highest BCUT2D eigenvalue weighted by Crippen LogP contribution is 2.21. The lowest BCUT2D eigenvalue weighted by Gasteiger charge is -2.23. The van der Waals surface area contributed by atoms with Crippen LogP contribution in [0.1, 0.15) is 39.0 Å². The van der Waals surface area contributed by atoms with Gasteiger partial charge in [0.2, 0.25) is 0 Å². The Labute approximate surface area is 101 Å². The Morgan fingerprint density at radius 1 is 1.41 bits per heavy atom. The van der Waals surface area contributed by atoms with Gasteiger partial charge < -0.3 is 10.6 Å². The Balaban J connectivity index is 1.99. The average molecular weight is 252 g/mol. The molecule has 0 aliphatic carbocycles. The lowest BCUT2D eigenvalue weighted by molar-refractivity contribution is -0.139. The number of nitrogens with one attached hydrogen (secondary N) is 2. The molecule has 0 spiro atoms. The predicted molar refractivity (Wildman–Crippen MR) is 63.0 cm³/mol. The molecule has 0 bridgehead atoms. The fourth-order valence-electron chi connectivity index (χ4n) is 2.33. The Morgan fingerprint density at radius 3 is 2.76 bits per heavy atom. The van der Waals surface area contributed by atoms with Gasteiger partial charge in [0.05, 0.1) is 6.42 Å². The molecule has 17 heavy (non-hydrogen) atoms. The zero-order chi connectivity index (χ0) is 12.7. The summed E-state index contributed by atoms with van der Waals surface area (Å²) in [7, 11) is 0. The third-order valence-corrected chi connectivity index (χ3v) is 3.22. The topological polar surface area (TPSA) is 24.1 Å². The van der Waals surface area contributed by atoms with Crippen molar-refractivity contribution < 1.29 is 13.2 Å². The summed E-state index contributed by atoms with van der Waals surface area (Å²) in [6.45, 7) is 4.46. The molecule has 0 aromatic rings. The van der Waals surface area contributed by atoms with Crippen LogP contribution in [0.25, 0.3) is 0 Å². The molecule has 1 rings (SSSR count). The van der Waals surface area contributed by atoms with E-state index in [1.807, 2.05) is 0 Å². The van der Waals surface area contributed by atoms with E-state index in [2.05, 4.69) is 10.6 Å². The number of rotatable bonds is 6. The van der Waals surface area contributed by atoms with Crippen LogP contribution in [0.5, 0.6) is 0 Å². The largest absolute Gasteiger partial charge is 0.390 e. The normalized spacial score (nSPS) is 23.6. The minimum atomic E-state index is -4.06. The van der Waals surface area contributed by atoms with Crippen LogP contribution in [0.3, 0.4) is 0 Å². The molecule has 2 unspecified atom stereocenters. The zero-order valence-corrected chi connectivity index (χ0v) is 10.4. The molecule has 1 aliphatic rings. The van der Waals surface area contributed by atoms with Crippen LogP contribution in [0.2, 0.25) is 0 Å². The van der Waals surface area contributed by atoms with Crippen molar-refractivity contribution in [2.75, 3.05) is 19.6 Å². The smallest absolute Gasteiger partial charge is 0.316 e. The third kappa shape index (κ3) is 7.60. The summed E-state index contributed by atoms with van der Waals surface area (Å²) in [4.78, 5) is 0. The molecule has 0 radical (unpaired) electrons. The first kappa shape index (κ1) is 14.8. The van der Waals surface area contributed by atoms with Crippen LogP contribution in [0, 0.1) is 5.92 Å². The summed E-state index contributed by atoms with van der Waals surface area (Å²) < 4.78 is 36.2. The lowest BCUT2D eigenvalue weighted by Crippen LogP contribution is -2.33. The van der Waals surface area contributed by atoms with Crippen LogP contribution in [-0.4, -0.2) is 31.9 Å². The minimum Gasteiger partial charge on any atom is -0.316 e.